The summed E-state index contributed by atoms with van der Waals surface area (Å²) in [6, 6.07) is 6.87. The van der Waals surface area contributed by atoms with Crippen LogP contribution in [0.4, 0.5) is 0 Å². The number of hydrogen-bond acceptors (Lipinski definition) is 3. The third kappa shape index (κ3) is 2.71. The van der Waals surface area contributed by atoms with Crippen molar-refractivity contribution in [1.82, 2.24) is 9.80 Å². The second-order valence-electron chi connectivity index (χ2n) is 6.47. The van der Waals surface area contributed by atoms with Crippen molar-refractivity contribution < 1.29 is 9.59 Å². The Bertz CT molecular complexity index is 605. The molecule has 2 heterocycles. The molecule has 2 aliphatic heterocycles. The first-order chi connectivity index (χ1) is 10.4. The van der Waals surface area contributed by atoms with E-state index in [1.54, 1.807) is 17.9 Å². The molecule has 2 N–H and O–H groups in total. The van der Waals surface area contributed by atoms with Gasteiger partial charge in [-0.15, -0.1) is 0 Å². The van der Waals surface area contributed by atoms with Gasteiger partial charge in [0.15, 0.2) is 0 Å². The van der Waals surface area contributed by atoms with Gasteiger partial charge in [-0.1, -0.05) is 29.8 Å². The number of amides is 2. The minimum Gasteiger partial charge on any atom is -0.341 e. The molecule has 6 heteroatoms. The summed E-state index contributed by atoms with van der Waals surface area (Å²) < 4.78 is 0. The van der Waals surface area contributed by atoms with Crippen molar-refractivity contribution in [2.75, 3.05) is 26.2 Å². The number of rotatable bonds is 3. The average molecular weight is 322 g/mol. The molecule has 0 radical (unpaired) electrons. The van der Waals surface area contributed by atoms with Gasteiger partial charge < -0.3 is 15.5 Å². The minimum absolute atomic E-state index is 0.0354. The highest BCUT2D eigenvalue weighted by Crippen LogP contribution is 2.39. The van der Waals surface area contributed by atoms with E-state index in [0.29, 0.717) is 24.5 Å². The molecule has 3 rings (SSSR count). The van der Waals surface area contributed by atoms with Crippen molar-refractivity contribution in [2.24, 2.45) is 11.1 Å². The Kier molecular flexibility index (Phi) is 3.87. The molecule has 5 nitrogen and oxygen atoms in total. The molecule has 0 bridgehead atoms. The van der Waals surface area contributed by atoms with E-state index in [0.717, 1.165) is 18.7 Å². The fourth-order valence-corrected chi connectivity index (χ4v) is 3.54. The summed E-state index contributed by atoms with van der Waals surface area (Å²) in [5.41, 5.74) is 7.05. The average Bonchev–Trinajstić information content (AvgIpc) is 2.37. The van der Waals surface area contributed by atoms with Crippen molar-refractivity contribution in [1.29, 1.82) is 0 Å². The number of benzene rings is 1. The fraction of sp³-hybridized carbons (Fsp3) is 0.500. The summed E-state index contributed by atoms with van der Waals surface area (Å²) >= 11 is 6.11. The van der Waals surface area contributed by atoms with E-state index in [9.17, 15) is 9.59 Å². The Morgan fingerprint density at radius 2 is 1.82 bits per heavy atom. The second-order valence-corrected chi connectivity index (χ2v) is 6.88. The Labute approximate surface area is 135 Å². The van der Waals surface area contributed by atoms with Gasteiger partial charge in [-0.3, -0.25) is 9.59 Å². The lowest BCUT2D eigenvalue weighted by atomic mass is 9.72. The highest BCUT2D eigenvalue weighted by atomic mass is 35.5. The summed E-state index contributed by atoms with van der Waals surface area (Å²) in [6.45, 7) is 4.49. The number of nitrogens with zero attached hydrogens (tertiary/aromatic N) is 2. The molecule has 0 aliphatic carbocycles. The maximum Gasteiger partial charge on any atom is 0.239 e. The highest BCUT2D eigenvalue weighted by molar-refractivity contribution is 6.31. The second kappa shape index (κ2) is 5.56. The zero-order valence-corrected chi connectivity index (χ0v) is 13.3. The van der Waals surface area contributed by atoms with Crippen LogP contribution in [0.1, 0.15) is 12.5 Å². The Morgan fingerprint density at radius 3 is 2.41 bits per heavy atom. The molecule has 2 saturated heterocycles. The van der Waals surface area contributed by atoms with Crippen LogP contribution in [0, 0.1) is 5.41 Å². The van der Waals surface area contributed by atoms with Crippen LogP contribution in [-0.4, -0.2) is 53.8 Å². The lowest BCUT2D eigenvalue weighted by Crippen LogP contribution is -2.74. The van der Waals surface area contributed by atoms with Crippen LogP contribution in [0.15, 0.2) is 24.3 Å². The molecule has 2 aliphatic rings. The van der Waals surface area contributed by atoms with E-state index in [1.165, 1.54) is 0 Å². The van der Waals surface area contributed by atoms with Crippen molar-refractivity contribution in [3.63, 3.8) is 0 Å². The van der Waals surface area contributed by atoms with Gasteiger partial charge in [0.2, 0.25) is 11.8 Å². The predicted molar refractivity (Wildman–Crippen MR) is 84.4 cm³/mol. The summed E-state index contributed by atoms with van der Waals surface area (Å²) in [5.74, 6) is 0.0673. The van der Waals surface area contributed by atoms with Crippen LogP contribution >= 0.6 is 11.6 Å². The third-order valence-corrected chi connectivity index (χ3v) is 4.95. The van der Waals surface area contributed by atoms with E-state index in [4.69, 9.17) is 17.3 Å². The van der Waals surface area contributed by atoms with Crippen LogP contribution in [-0.2, 0) is 16.0 Å². The Hall–Kier alpha value is -1.59. The number of hydrogen-bond donors (Lipinski definition) is 1. The summed E-state index contributed by atoms with van der Waals surface area (Å²) in [7, 11) is 0. The van der Waals surface area contributed by atoms with E-state index in [2.05, 4.69) is 0 Å². The van der Waals surface area contributed by atoms with Gasteiger partial charge >= 0.3 is 0 Å². The molecule has 1 spiro atoms. The minimum atomic E-state index is -0.568. The lowest BCUT2D eigenvalue weighted by Gasteiger charge is -2.60. The number of nitrogens with two attached hydrogens (primary N) is 1. The molecular formula is C16H20ClN3O2. The number of carbonyl (C=O) groups is 2. The van der Waals surface area contributed by atoms with Gasteiger partial charge in [-0.05, 0) is 18.1 Å². The monoisotopic (exact) mass is 321 g/mol. The first-order valence-corrected chi connectivity index (χ1v) is 7.81. The van der Waals surface area contributed by atoms with Crippen LogP contribution in [0.3, 0.4) is 0 Å². The van der Waals surface area contributed by atoms with Crippen LogP contribution in [0.5, 0.6) is 0 Å². The smallest absolute Gasteiger partial charge is 0.239 e. The first kappa shape index (κ1) is 15.3. The standard InChI is InChI=1S/C16H20ClN3O2/c1-11(21)19-7-16(8-19)9-20(10-16)15(22)14(18)6-12-4-2-3-5-13(12)17/h2-5,14H,6-10,18H2,1H3/t14-/m0/s1. The van der Waals surface area contributed by atoms with Crippen LogP contribution in [0.2, 0.25) is 5.02 Å². The fourth-order valence-electron chi connectivity index (χ4n) is 3.33. The molecule has 118 valence electrons. The zero-order valence-electron chi connectivity index (χ0n) is 12.6. The topological polar surface area (TPSA) is 66.6 Å². The van der Waals surface area contributed by atoms with Gasteiger partial charge in [-0.25, -0.2) is 0 Å². The van der Waals surface area contributed by atoms with Crippen LogP contribution in [0.25, 0.3) is 0 Å². The Balaban J connectivity index is 1.51. The largest absolute Gasteiger partial charge is 0.341 e. The maximum atomic E-state index is 12.4. The van der Waals surface area contributed by atoms with Gasteiger partial charge in [-0.2, -0.15) is 0 Å². The first-order valence-electron chi connectivity index (χ1n) is 7.43. The summed E-state index contributed by atoms with van der Waals surface area (Å²) in [5, 5.41) is 0.641. The zero-order chi connectivity index (χ0) is 15.9. The highest BCUT2D eigenvalue weighted by Gasteiger charge is 2.54. The summed E-state index contributed by atoms with van der Waals surface area (Å²) in [4.78, 5) is 27.2. The van der Waals surface area contributed by atoms with E-state index in [1.807, 2.05) is 23.1 Å². The van der Waals surface area contributed by atoms with Crippen molar-refractivity contribution >= 4 is 23.4 Å². The molecule has 0 unspecified atom stereocenters. The quantitative estimate of drug-likeness (QED) is 0.899. The van der Waals surface area contributed by atoms with E-state index < -0.39 is 6.04 Å². The van der Waals surface area contributed by atoms with E-state index in [-0.39, 0.29) is 17.2 Å². The van der Waals surface area contributed by atoms with Gasteiger partial charge in [0.05, 0.1) is 6.04 Å². The maximum absolute atomic E-state index is 12.4. The molecular weight excluding hydrogens is 302 g/mol. The van der Waals surface area contributed by atoms with Gasteiger partial charge in [0.25, 0.3) is 0 Å². The SMILES string of the molecule is CC(=O)N1CC2(C1)CN(C(=O)[C@@H](N)Cc1ccccc1Cl)C2. The summed E-state index contributed by atoms with van der Waals surface area (Å²) in [6.07, 6.45) is 0.446. The lowest BCUT2D eigenvalue weighted by molar-refractivity contribution is -0.167. The van der Waals surface area contributed by atoms with Gasteiger partial charge in [0, 0.05) is 43.5 Å². The molecule has 1 atom stereocenters. The van der Waals surface area contributed by atoms with Crippen molar-refractivity contribution in [3.8, 4) is 0 Å². The molecule has 0 saturated carbocycles. The van der Waals surface area contributed by atoms with Crippen LogP contribution < -0.4 is 5.73 Å². The predicted octanol–water partition coefficient (Wildman–Crippen LogP) is 0.901. The third-order valence-electron chi connectivity index (χ3n) is 4.58. The van der Waals surface area contributed by atoms with Gasteiger partial charge in [0.1, 0.15) is 0 Å². The normalized spacial score (nSPS) is 20.3. The number of halogens is 1. The Morgan fingerprint density at radius 1 is 1.23 bits per heavy atom. The van der Waals surface area contributed by atoms with Crippen molar-refractivity contribution in [2.45, 2.75) is 19.4 Å². The molecule has 1 aromatic carbocycles. The number of carbonyl (C=O) groups excluding carboxylic acids is 2. The molecule has 2 amide bonds. The molecule has 1 aromatic rings. The van der Waals surface area contributed by atoms with E-state index >= 15 is 0 Å². The molecule has 2 fully saturated rings. The number of likely N-dealkylation sites (tertiary alicyclic amines) is 2. The van der Waals surface area contributed by atoms with Crippen molar-refractivity contribution in [3.05, 3.63) is 34.9 Å². The molecule has 0 aromatic heterocycles. The molecule has 22 heavy (non-hydrogen) atoms.